The average Bonchev–Trinajstić information content (AvgIpc) is 3.24. The second-order valence-electron chi connectivity index (χ2n) is 8.53. The lowest BCUT2D eigenvalue weighted by Gasteiger charge is -2.38. The molecule has 10 heteroatoms. The maximum Gasteiger partial charge on any atom is 0.338 e. The average molecular weight is 503 g/mol. The number of amides is 1. The van der Waals surface area contributed by atoms with Gasteiger partial charge in [-0.25, -0.2) is 14.2 Å². The lowest BCUT2D eigenvalue weighted by Crippen LogP contribution is -2.49. The molecule has 1 atom stereocenters. The van der Waals surface area contributed by atoms with Gasteiger partial charge in [0.1, 0.15) is 5.82 Å². The molecule has 1 aromatic rings. The van der Waals surface area contributed by atoms with Crippen molar-refractivity contribution in [2.75, 3.05) is 53.0 Å². The SMILES string of the molecule is CCOC(=O)C1=C(C)N=C2SC=C(CC(=O)N3CCN(CCOC)CC3)N2C1c1ccccc1F. The maximum atomic E-state index is 15.0. The van der Waals surface area contributed by atoms with Crippen molar-refractivity contribution in [1.29, 1.82) is 0 Å². The molecule has 1 aromatic carbocycles. The standard InChI is InChI=1S/C25H31FN4O4S/c1-4-34-24(32)22-17(2)27-25-30(23(22)19-7-5-6-8-20(19)26)18(16-35-25)15-21(31)29-11-9-28(10-12-29)13-14-33-3/h5-8,16,23H,4,9-15H2,1-3H3. The molecule has 35 heavy (non-hydrogen) atoms. The first kappa shape index (κ1) is 25.4. The number of fused-ring (bicyclic) bond motifs is 1. The third kappa shape index (κ3) is 5.44. The first-order valence-corrected chi connectivity index (χ1v) is 12.7. The predicted octanol–water partition coefficient (Wildman–Crippen LogP) is 3.14. The molecule has 3 heterocycles. The topological polar surface area (TPSA) is 74.7 Å². The van der Waals surface area contributed by atoms with E-state index in [1.807, 2.05) is 15.2 Å². The van der Waals surface area contributed by atoms with E-state index in [-0.39, 0.29) is 24.5 Å². The molecule has 0 aromatic heterocycles. The minimum absolute atomic E-state index is 0.000680. The number of halogens is 1. The fourth-order valence-electron chi connectivity index (χ4n) is 4.54. The molecule has 188 valence electrons. The van der Waals surface area contributed by atoms with Crippen LogP contribution in [0.5, 0.6) is 0 Å². The van der Waals surface area contributed by atoms with E-state index in [1.165, 1.54) is 17.8 Å². The minimum atomic E-state index is -0.761. The predicted molar refractivity (Wildman–Crippen MR) is 133 cm³/mol. The van der Waals surface area contributed by atoms with Crippen molar-refractivity contribution >= 4 is 28.8 Å². The number of ether oxygens (including phenoxy) is 2. The third-order valence-corrected chi connectivity index (χ3v) is 7.25. The summed E-state index contributed by atoms with van der Waals surface area (Å²) in [7, 11) is 1.68. The van der Waals surface area contributed by atoms with Crippen LogP contribution in [0.25, 0.3) is 0 Å². The number of carbonyl (C=O) groups is 2. The number of allylic oxidation sites excluding steroid dienone is 1. The van der Waals surface area contributed by atoms with E-state index in [4.69, 9.17) is 9.47 Å². The van der Waals surface area contributed by atoms with Gasteiger partial charge in [-0.15, -0.1) is 0 Å². The molecule has 0 aliphatic carbocycles. The molecule has 0 bridgehead atoms. The van der Waals surface area contributed by atoms with Crippen molar-refractivity contribution < 1.29 is 23.5 Å². The summed E-state index contributed by atoms with van der Waals surface area (Å²) in [5, 5.41) is 2.50. The molecular formula is C25H31FN4O4S. The fourth-order valence-corrected chi connectivity index (χ4v) is 5.50. The van der Waals surface area contributed by atoms with Crippen LogP contribution in [0.2, 0.25) is 0 Å². The highest BCUT2D eigenvalue weighted by Gasteiger charge is 2.42. The Labute approximate surface area is 209 Å². The first-order valence-electron chi connectivity index (χ1n) is 11.8. The van der Waals surface area contributed by atoms with Gasteiger partial charge >= 0.3 is 5.97 Å². The van der Waals surface area contributed by atoms with Crippen LogP contribution in [-0.4, -0.2) is 84.8 Å². The largest absolute Gasteiger partial charge is 0.463 e. The van der Waals surface area contributed by atoms with Crippen LogP contribution in [0.1, 0.15) is 31.9 Å². The molecule has 0 radical (unpaired) electrons. The van der Waals surface area contributed by atoms with Crippen LogP contribution in [0, 0.1) is 5.82 Å². The highest BCUT2D eigenvalue weighted by Crippen LogP contribution is 2.45. The second kappa shape index (κ2) is 11.4. The second-order valence-corrected chi connectivity index (χ2v) is 9.36. The van der Waals surface area contributed by atoms with Crippen molar-refractivity contribution in [2.24, 2.45) is 4.99 Å². The van der Waals surface area contributed by atoms with Gasteiger partial charge in [-0.05, 0) is 25.3 Å². The molecule has 1 saturated heterocycles. The Morgan fingerprint density at radius 2 is 1.94 bits per heavy atom. The zero-order valence-electron chi connectivity index (χ0n) is 20.3. The summed E-state index contributed by atoms with van der Waals surface area (Å²) in [6, 6.07) is 5.63. The number of benzene rings is 1. The first-order chi connectivity index (χ1) is 16.9. The maximum absolute atomic E-state index is 15.0. The number of thioether (sulfide) groups is 1. The van der Waals surface area contributed by atoms with E-state index in [0.717, 1.165) is 19.6 Å². The van der Waals surface area contributed by atoms with Gasteiger partial charge in [0.05, 0.1) is 36.9 Å². The Balaban J connectivity index is 1.57. The van der Waals surface area contributed by atoms with Crippen LogP contribution >= 0.6 is 11.8 Å². The van der Waals surface area contributed by atoms with Gasteiger partial charge < -0.3 is 19.3 Å². The number of piperazine rings is 1. The van der Waals surface area contributed by atoms with E-state index in [2.05, 4.69) is 9.89 Å². The summed E-state index contributed by atoms with van der Waals surface area (Å²) in [6.45, 7) is 8.07. The quantitative estimate of drug-likeness (QED) is 0.506. The van der Waals surface area contributed by atoms with Gasteiger partial charge in [0, 0.05) is 51.1 Å². The van der Waals surface area contributed by atoms with Crippen LogP contribution < -0.4 is 0 Å². The summed E-state index contributed by atoms with van der Waals surface area (Å²) in [4.78, 5) is 36.8. The van der Waals surface area contributed by atoms with Gasteiger partial charge in [-0.2, -0.15) is 0 Å². The Kier molecular flexibility index (Phi) is 8.25. The monoisotopic (exact) mass is 502 g/mol. The fraction of sp³-hybridized carbons (Fsp3) is 0.480. The highest BCUT2D eigenvalue weighted by molar-refractivity contribution is 8.16. The summed E-state index contributed by atoms with van der Waals surface area (Å²) < 4.78 is 25.5. The summed E-state index contributed by atoms with van der Waals surface area (Å²) >= 11 is 1.38. The number of rotatable bonds is 8. The molecule has 0 spiro atoms. The third-order valence-electron chi connectivity index (χ3n) is 6.36. The number of nitrogens with zero attached hydrogens (tertiary/aromatic N) is 4. The molecule has 1 fully saturated rings. The van der Waals surface area contributed by atoms with E-state index in [9.17, 15) is 9.59 Å². The lowest BCUT2D eigenvalue weighted by atomic mass is 9.93. The molecule has 3 aliphatic heterocycles. The van der Waals surface area contributed by atoms with Gasteiger partial charge in [0.15, 0.2) is 5.17 Å². The van der Waals surface area contributed by atoms with Crippen LogP contribution in [0.4, 0.5) is 4.39 Å². The van der Waals surface area contributed by atoms with Crippen molar-refractivity contribution in [2.45, 2.75) is 26.3 Å². The Morgan fingerprint density at radius 3 is 2.63 bits per heavy atom. The van der Waals surface area contributed by atoms with Crippen molar-refractivity contribution in [1.82, 2.24) is 14.7 Å². The van der Waals surface area contributed by atoms with Crippen LogP contribution in [0.15, 0.2) is 51.6 Å². The van der Waals surface area contributed by atoms with Crippen molar-refractivity contribution in [3.05, 3.63) is 58.0 Å². The zero-order chi connectivity index (χ0) is 24.9. The number of carbonyl (C=O) groups excluding carboxylic acids is 2. The number of amidine groups is 1. The Morgan fingerprint density at radius 1 is 1.20 bits per heavy atom. The molecule has 3 aliphatic rings. The van der Waals surface area contributed by atoms with E-state index >= 15 is 4.39 Å². The number of aliphatic imine (C=N–C) groups is 1. The van der Waals surface area contributed by atoms with Crippen LogP contribution in [0.3, 0.4) is 0 Å². The van der Waals surface area contributed by atoms with Gasteiger partial charge in [-0.3, -0.25) is 9.69 Å². The van der Waals surface area contributed by atoms with Crippen molar-refractivity contribution in [3.63, 3.8) is 0 Å². The Bertz CT molecular complexity index is 1070. The molecular weight excluding hydrogens is 471 g/mol. The summed E-state index contributed by atoms with van der Waals surface area (Å²) in [5.41, 5.74) is 1.81. The molecule has 4 rings (SSSR count). The highest BCUT2D eigenvalue weighted by atomic mass is 32.2. The van der Waals surface area contributed by atoms with Crippen LogP contribution in [-0.2, 0) is 19.1 Å². The molecule has 8 nitrogen and oxygen atoms in total. The van der Waals surface area contributed by atoms with Crippen molar-refractivity contribution in [3.8, 4) is 0 Å². The molecule has 1 amide bonds. The summed E-state index contributed by atoms with van der Waals surface area (Å²) in [5.74, 6) is -0.959. The molecule has 0 N–H and O–H groups in total. The minimum Gasteiger partial charge on any atom is -0.463 e. The van der Waals surface area contributed by atoms with Gasteiger partial charge in [-0.1, -0.05) is 30.0 Å². The molecule has 0 saturated carbocycles. The number of hydrogen-bond donors (Lipinski definition) is 0. The smallest absolute Gasteiger partial charge is 0.338 e. The number of hydrogen-bond acceptors (Lipinski definition) is 8. The number of esters is 1. The summed E-state index contributed by atoms with van der Waals surface area (Å²) in [6.07, 6.45) is 0.143. The van der Waals surface area contributed by atoms with E-state index < -0.39 is 17.8 Å². The Hall–Kier alpha value is -2.69. The zero-order valence-corrected chi connectivity index (χ0v) is 21.1. The van der Waals surface area contributed by atoms with Gasteiger partial charge in [0.25, 0.3) is 0 Å². The lowest BCUT2D eigenvalue weighted by molar-refractivity contribution is -0.139. The normalized spacial score (nSPS) is 20.5. The number of methoxy groups -OCH3 is 1. The van der Waals surface area contributed by atoms with E-state index in [1.54, 1.807) is 39.2 Å². The van der Waals surface area contributed by atoms with Gasteiger partial charge in [0.2, 0.25) is 5.91 Å². The molecule has 1 unspecified atom stereocenters. The van der Waals surface area contributed by atoms with E-state index in [0.29, 0.717) is 41.8 Å².